The number of carbonyl (C=O) groups is 6. The van der Waals surface area contributed by atoms with E-state index in [1.54, 1.807) is 20.8 Å². The average molecular weight is 677 g/mol. The Morgan fingerprint density at radius 3 is 1.96 bits per heavy atom. The molecule has 13 nitrogen and oxygen atoms in total. The van der Waals surface area contributed by atoms with Crippen molar-refractivity contribution in [2.75, 3.05) is 6.61 Å². The molecular formula is C35H48O13. The highest BCUT2D eigenvalue weighted by Gasteiger charge is 2.79. The summed E-state index contributed by atoms with van der Waals surface area (Å²) in [7, 11) is 0. The normalized spacial score (nSPS) is 38.9. The van der Waals surface area contributed by atoms with Gasteiger partial charge in [-0.15, -0.1) is 0 Å². The number of esters is 5. The number of rotatable bonds is 6. The van der Waals surface area contributed by atoms with Gasteiger partial charge in [-0.3, -0.25) is 28.8 Å². The second-order valence-corrected chi connectivity index (χ2v) is 14.9. The van der Waals surface area contributed by atoms with Gasteiger partial charge in [0.2, 0.25) is 0 Å². The van der Waals surface area contributed by atoms with Crippen molar-refractivity contribution in [3.63, 3.8) is 0 Å². The molecule has 4 aliphatic carbocycles. The topological polar surface area (TPSA) is 178 Å². The predicted molar refractivity (Wildman–Crippen MR) is 165 cm³/mol. The van der Waals surface area contributed by atoms with E-state index in [0.717, 1.165) is 26.2 Å². The molecule has 0 amide bonds. The standard InChI is InChI=1S/C35H48O13/c1-17-23(44-18(2)36)15-35(42)30(47-31(41)22-12-10-9-11-13-22)28-33(8,29(40)27(46-20(4)38)26(17)32(35,6)7)24(45-19(3)37)14-25-34(28,16-43-25)48-21(5)39/h22-25,27-28,30,42H,9-16H2,1-8H3/t23-,24-,25+,27+,28-,30-,33+,34-,35+/m0/s1. The first-order valence-corrected chi connectivity index (χ1v) is 16.8. The second-order valence-electron chi connectivity index (χ2n) is 14.9. The summed E-state index contributed by atoms with van der Waals surface area (Å²) in [5.74, 6) is -6.03. The predicted octanol–water partition coefficient (Wildman–Crippen LogP) is 3.06. The minimum atomic E-state index is -2.12. The fraction of sp³-hybridized carbons (Fsp3) is 0.771. The summed E-state index contributed by atoms with van der Waals surface area (Å²) in [6.07, 6.45) is -3.09. The molecule has 48 heavy (non-hydrogen) atoms. The molecule has 5 aliphatic rings. The number of ketones is 1. The maximum Gasteiger partial charge on any atom is 0.309 e. The highest BCUT2D eigenvalue weighted by Crippen LogP contribution is 2.65. The van der Waals surface area contributed by atoms with Gasteiger partial charge < -0.3 is 33.5 Å². The number of hydrogen-bond donors (Lipinski definition) is 1. The lowest BCUT2D eigenvalue weighted by Gasteiger charge is -2.67. The molecular weight excluding hydrogens is 628 g/mol. The van der Waals surface area contributed by atoms with E-state index in [1.165, 1.54) is 27.7 Å². The zero-order valence-electron chi connectivity index (χ0n) is 29.0. The lowest BCUT2D eigenvalue weighted by atomic mass is 9.44. The van der Waals surface area contributed by atoms with Crippen LogP contribution in [0, 0.1) is 22.7 Å². The van der Waals surface area contributed by atoms with E-state index in [2.05, 4.69) is 0 Å². The van der Waals surface area contributed by atoms with E-state index >= 15 is 4.79 Å². The first kappa shape index (κ1) is 36.0. The van der Waals surface area contributed by atoms with Crippen molar-refractivity contribution >= 4 is 35.6 Å². The van der Waals surface area contributed by atoms with Crippen molar-refractivity contribution < 1.29 is 62.3 Å². The molecule has 1 saturated heterocycles. The molecule has 0 aromatic rings. The number of hydrogen-bond acceptors (Lipinski definition) is 13. The summed E-state index contributed by atoms with van der Waals surface area (Å²) < 4.78 is 35.9. The van der Waals surface area contributed by atoms with Crippen LogP contribution in [0.1, 0.15) is 100 Å². The van der Waals surface area contributed by atoms with E-state index < -0.39 is 100 Å². The molecule has 1 heterocycles. The van der Waals surface area contributed by atoms with Crippen molar-refractivity contribution in [3.05, 3.63) is 11.1 Å². The first-order valence-electron chi connectivity index (χ1n) is 16.8. The summed E-state index contributed by atoms with van der Waals surface area (Å²) >= 11 is 0. The van der Waals surface area contributed by atoms with Gasteiger partial charge in [-0.2, -0.15) is 0 Å². The fourth-order valence-corrected chi connectivity index (χ4v) is 9.37. The third-order valence-corrected chi connectivity index (χ3v) is 11.7. The van der Waals surface area contributed by atoms with Crippen molar-refractivity contribution in [1.82, 2.24) is 0 Å². The number of ether oxygens (including phenoxy) is 6. The molecule has 2 bridgehead atoms. The van der Waals surface area contributed by atoms with Crippen LogP contribution in [0.4, 0.5) is 0 Å². The molecule has 1 N–H and O–H groups in total. The summed E-state index contributed by atoms with van der Waals surface area (Å²) in [4.78, 5) is 80.1. The van der Waals surface area contributed by atoms with Gasteiger partial charge >= 0.3 is 29.8 Å². The Balaban J connectivity index is 1.86. The van der Waals surface area contributed by atoms with Crippen LogP contribution in [-0.2, 0) is 57.2 Å². The van der Waals surface area contributed by atoms with Crippen molar-refractivity contribution in [2.24, 2.45) is 22.7 Å². The Hall–Kier alpha value is -3.32. The maximum absolute atomic E-state index is 15.4. The van der Waals surface area contributed by atoms with Gasteiger partial charge in [0.15, 0.2) is 17.5 Å². The first-order chi connectivity index (χ1) is 22.3. The summed E-state index contributed by atoms with van der Waals surface area (Å²) in [6.45, 7) is 11.0. The number of fused-ring (bicyclic) bond motifs is 5. The fourth-order valence-electron chi connectivity index (χ4n) is 9.37. The lowest BCUT2D eigenvalue weighted by molar-refractivity contribution is -0.348. The van der Waals surface area contributed by atoms with E-state index in [4.69, 9.17) is 28.4 Å². The summed E-state index contributed by atoms with van der Waals surface area (Å²) in [6, 6.07) is 0. The average Bonchev–Trinajstić information content (AvgIpc) is 2.97. The Morgan fingerprint density at radius 2 is 1.44 bits per heavy atom. The minimum absolute atomic E-state index is 0.0718. The van der Waals surface area contributed by atoms with Crippen LogP contribution in [0.15, 0.2) is 11.1 Å². The Bertz CT molecular complexity index is 1420. The van der Waals surface area contributed by atoms with Crippen molar-refractivity contribution in [3.8, 4) is 0 Å². The Morgan fingerprint density at radius 1 is 0.833 bits per heavy atom. The zero-order valence-corrected chi connectivity index (χ0v) is 29.0. The molecule has 0 spiro atoms. The molecule has 1 aliphatic heterocycles. The highest BCUT2D eigenvalue weighted by molar-refractivity contribution is 5.95. The zero-order chi connectivity index (χ0) is 35.6. The second kappa shape index (κ2) is 12.5. The molecule has 0 aromatic heterocycles. The molecule has 13 heteroatoms. The van der Waals surface area contributed by atoms with E-state index in [0.29, 0.717) is 18.4 Å². The highest BCUT2D eigenvalue weighted by atomic mass is 16.6. The third-order valence-electron chi connectivity index (χ3n) is 11.7. The lowest BCUT2D eigenvalue weighted by Crippen LogP contribution is -2.82. The number of aliphatic hydroxyl groups is 1. The quantitative estimate of drug-likeness (QED) is 0.247. The number of Topliss-reactive ketones (excluding diaryl/α,β-unsaturated/α-hetero) is 1. The number of carbonyl (C=O) groups excluding carboxylic acids is 6. The van der Waals surface area contributed by atoms with Crippen LogP contribution in [0.25, 0.3) is 0 Å². The van der Waals surface area contributed by atoms with Gasteiger partial charge in [0.05, 0.1) is 23.9 Å². The monoisotopic (exact) mass is 676 g/mol. The van der Waals surface area contributed by atoms with Gasteiger partial charge in [0.1, 0.15) is 30.0 Å². The summed E-state index contributed by atoms with van der Waals surface area (Å²) in [5, 5.41) is 13.3. The van der Waals surface area contributed by atoms with Crippen LogP contribution in [0.2, 0.25) is 0 Å². The Kier molecular flexibility index (Phi) is 9.39. The van der Waals surface area contributed by atoms with Gasteiger partial charge in [0, 0.05) is 46.0 Å². The SMILES string of the molecule is CC(=O)O[C@H]1C(=O)[C@]2(C)[C@@H](OC(C)=O)C[C@H]3OC[C@@]3(OC(C)=O)[C@H]2[C@H](OC(=O)C2CCCCC2)[C@]2(O)C[C@H](OC(C)=O)C(C)=C1C2(C)C. The van der Waals surface area contributed by atoms with Crippen molar-refractivity contribution in [2.45, 2.75) is 142 Å². The van der Waals surface area contributed by atoms with E-state index in [9.17, 15) is 29.1 Å². The van der Waals surface area contributed by atoms with Gasteiger partial charge in [-0.25, -0.2) is 0 Å². The molecule has 0 aromatic carbocycles. The van der Waals surface area contributed by atoms with Gasteiger partial charge in [-0.1, -0.05) is 33.1 Å². The molecule has 266 valence electrons. The largest absolute Gasteiger partial charge is 0.461 e. The molecule has 9 atom stereocenters. The van der Waals surface area contributed by atoms with Crippen LogP contribution in [0.5, 0.6) is 0 Å². The van der Waals surface area contributed by atoms with Crippen LogP contribution in [0.3, 0.4) is 0 Å². The van der Waals surface area contributed by atoms with Crippen LogP contribution in [-0.4, -0.2) is 89.1 Å². The van der Waals surface area contributed by atoms with Crippen molar-refractivity contribution in [1.29, 1.82) is 0 Å². The van der Waals surface area contributed by atoms with E-state index in [-0.39, 0.29) is 25.0 Å². The summed E-state index contributed by atoms with van der Waals surface area (Å²) in [5.41, 5.74) is -6.52. The minimum Gasteiger partial charge on any atom is -0.461 e. The molecule has 0 radical (unpaired) electrons. The molecule has 4 fully saturated rings. The van der Waals surface area contributed by atoms with E-state index in [1.807, 2.05) is 0 Å². The maximum atomic E-state index is 15.4. The molecule has 5 rings (SSSR count). The van der Waals surface area contributed by atoms with Gasteiger partial charge in [-0.05, 0) is 37.8 Å². The van der Waals surface area contributed by atoms with Crippen LogP contribution < -0.4 is 0 Å². The molecule has 3 saturated carbocycles. The molecule has 0 unspecified atom stereocenters. The van der Waals surface area contributed by atoms with Crippen LogP contribution >= 0.6 is 0 Å². The third kappa shape index (κ3) is 5.54. The Labute approximate surface area is 280 Å². The van der Waals surface area contributed by atoms with Gasteiger partial charge in [0.25, 0.3) is 0 Å². The smallest absolute Gasteiger partial charge is 0.309 e.